The molecule has 0 radical (unpaired) electrons. The van der Waals surface area contributed by atoms with Crippen LogP contribution in [-0.2, 0) is 9.53 Å². The molecule has 0 spiro atoms. The van der Waals surface area contributed by atoms with Crippen LogP contribution in [0.3, 0.4) is 0 Å². The van der Waals surface area contributed by atoms with Gasteiger partial charge in [0, 0.05) is 29.6 Å². The molecule has 5 nitrogen and oxygen atoms in total. The minimum absolute atomic E-state index is 0.587. The SMILES string of the molecule is COC(=O)C(O)c1ccc2[nH]c3c(c2c1)C1CCN3CC1. The molecular weight excluding hydrogens is 268 g/mol. The Bertz CT molecular complexity index is 714. The fraction of sp³-hybridized carbons (Fsp3) is 0.438. The van der Waals surface area contributed by atoms with Crippen LogP contribution >= 0.6 is 0 Å². The van der Waals surface area contributed by atoms with Gasteiger partial charge >= 0.3 is 5.97 Å². The number of aliphatic hydroxyl groups excluding tert-OH is 1. The highest BCUT2D eigenvalue weighted by atomic mass is 16.5. The fourth-order valence-electron chi connectivity index (χ4n) is 3.69. The van der Waals surface area contributed by atoms with Crippen LogP contribution in [0.4, 0.5) is 5.82 Å². The van der Waals surface area contributed by atoms with Gasteiger partial charge in [-0.1, -0.05) is 6.07 Å². The monoisotopic (exact) mass is 286 g/mol. The third kappa shape index (κ3) is 1.77. The summed E-state index contributed by atoms with van der Waals surface area (Å²) < 4.78 is 4.62. The van der Waals surface area contributed by atoms with E-state index in [0.29, 0.717) is 11.5 Å². The molecule has 5 heteroatoms. The Kier molecular flexibility index (Phi) is 2.72. The second-order valence-electron chi connectivity index (χ2n) is 5.88. The first-order chi connectivity index (χ1) is 10.2. The largest absolute Gasteiger partial charge is 0.467 e. The first-order valence-corrected chi connectivity index (χ1v) is 7.35. The van der Waals surface area contributed by atoms with E-state index in [1.165, 1.54) is 31.3 Å². The maximum Gasteiger partial charge on any atom is 0.339 e. The third-order valence-corrected chi connectivity index (χ3v) is 4.80. The molecule has 1 unspecified atom stereocenters. The van der Waals surface area contributed by atoms with E-state index in [1.807, 2.05) is 12.1 Å². The summed E-state index contributed by atoms with van der Waals surface area (Å²) in [4.78, 5) is 17.4. The second-order valence-corrected chi connectivity index (χ2v) is 5.88. The van der Waals surface area contributed by atoms with Crippen LogP contribution in [0.25, 0.3) is 10.9 Å². The van der Waals surface area contributed by atoms with Crippen LogP contribution in [0.15, 0.2) is 18.2 Å². The van der Waals surface area contributed by atoms with Gasteiger partial charge in [-0.2, -0.15) is 0 Å². The zero-order chi connectivity index (χ0) is 14.6. The molecule has 2 aromatic rings. The Morgan fingerprint density at radius 2 is 2.19 bits per heavy atom. The van der Waals surface area contributed by atoms with Gasteiger partial charge < -0.3 is 19.7 Å². The molecule has 0 saturated carbocycles. The summed E-state index contributed by atoms with van der Waals surface area (Å²) in [5.41, 5.74) is 3.01. The quantitative estimate of drug-likeness (QED) is 0.830. The third-order valence-electron chi connectivity index (χ3n) is 4.80. The van der Waals surface area contributed by atoms with Crippen molar-refractivity contribution in [1.29, 1.82) is 0 Å². The minimum Gasteiger partial charge on any atom is -0.467 e. The van der Waals surface area contributed by atoms with Gasteiger partial charge in [0.2, 0.25) is 0 Å². The molecule has 1 aromatic carbocycles. The summed E-state index contributed by atoms with van der Waals surface area (Å²) in [7, 11) is 1.29. The van der Waals surface area contributed by atoms with Gasteiger partial charge in [0.1, 0.15) is 5.82 Å². The topological polar surface area (TPSA) is 65.6 Å². The van der Waals surface area contributed by atoms with Crippen LogP contribution in [0.2, 0.25) is 0 Å². The first kappa shape index (κ1) is 12.7. The molecule has 21 heavy (non-hydrogen) atoms. The van der Waals surface area contributed by atoms with E-state index < -0.39 is 12.1 Å². The van der Waals surface area contributed by atoms with Gasteiger partial charge in [0.05, 0.1) is 7.11 Å². The number of aliphatic hydroxyl groups is 1. The fourth-order valence-corrected chi connectivity index (χ4v) is 3.69. The molecule has 0 aliphatic carbocycles. The lowest BCUT2D eigenvalue weighted by Crippen LogP contribution is -2.38. The van der Waals surface area contributed by atoms with Gasteiger partial charge in [-0.05, 0) is 36.5 Å². The Morgan fingerprint density at radius 3 is 2.90 bits per heavy atom. The number of anilines is 1. The van der Waals surface area contributed by atoms with Crippen LogP contribution in [0.1, 0.15) is 36.0 Å². The summed E-state index contributed by atoms with van der Waals surface area (Å²) in [5.74, 6) is 1.19. The maximum absolute atomic E-state index is 11.5. The lowest BCUT2D eigenvalue weighted by molar-refractivity contribution is -0.150. The van der Waals surface area contributed by atoms with Crippen LogP contribution in [-0.4, -0.2) is 36.3 Å². The number of fused-ring (bicyclic) bond motifs is 3. The first-order valence-electron chi connectivity index (χ1n) is 7.35. The average Bonchev–Trinajstić information content (AvgIpc) is 2.95. The zero-order valence-electron chi connectivity index (χ0n) is 11.9. The summed E-state index contributed by atoms with van der Waals surface area (Å²) in [6.07, 6.45) is 1.15. The lowest BCUT2D eigenvalue weighted by atomic mass is 9.84. The van der Waals surface area contributed by atoms with E-state index in [0.717, 1.165) is 24.0 Å². The van der Waals surface area contributed by atoms with Gasteiger partial charge in [-0.3, -0.25) is 0 Å². The van der Waals surface area contributed by atoms with E-state index in [1.54, 1.807) is 6.07 Å². The second kappa shape index (κ2) is 4.49. The van der Waals surface area contributed by atoms with Crippen LogP contribution < -0.4 is 4.90 Å². The molecule has 1 saturated heterocycles. The average molecular weight is 286 g/mol. The Balaban J connectivity index is 1.85. The Morgan fingerprint density at radius 1 is 1.43 bits per heavy atom. The number of benzene rings is 1. The van der Waals surface area contributed by atoms with Crippen molar-refractivity contribution in [3.8, 4) is 0 Å². The van der Waals surface area contributed by atoms with E-state index >= 15 is 0 Å². The number of esters is 1. The zero-order valence-corrected chi connectivity index (χ0v) is 11.9. The number of nitrogens with one attached hydrogen (secondary N) is 1. The van der Waals surface area contributed by atoms with Crippen molar-refractivity contribution in [1.82, 2.24) is 4.98 Å². The predicted octanol–water partition coefficient (Wildman–Crippen LogP) is 2.07. The number of H-pyrrole nitrogens is 1. The number of rotatable bonds is 2. The number of hydrogen-bond acceptors (Lipinski definition) is 4. The van der Waals surface area contributed by atoms with Crippen molar-refractivity contribution in [3.63, 3.8) is 0 Å². The van der Waals surface area contributed by atoms with Gasteiger partial charge in [0.25, 0.3) is 0 Å². The van der Waals surface area contributed by atoms with E-state index in [2.05, 4.69) is 14.6 Å². The van der Waals surface area contributed by atoms with Crippen molar-refractivity contribution in [3.05, 3.63) is 29.3 Å². The predicted molar refractivity (Wildman–Crippen MR) is 79.5 cm³/mol. The number of nitrogens with zero attached hydrogens (tertiary/aromatic N) is 1. The van der Waals surface area contributed by atoms with Gasteiger partial charge in [0.15, 0.2) is 6.10 Å². The number of ether oxygens (including phenoxy) is 1. The molecule has 2 N–H and O–H groups in total. The highest BCUT2D eigenvalue weighted by molar-refractivity contribution is 5.92. The number of carbonyl (C=O) groups is 1. The van der Waals surface area contributed by atoms with Crippen molar-refractivity contribution in [2.45, 2.75) is 24.9 Å². The Labute approximate surface area is 122 Å². The van der Waals surface area contributed by atoms with Crippen molar-refractivity contribution >= 4 is 22.7 Å². The summed E-state index contributed by atoms with van der Waals surface area (Å²) in [6, 6.07) is 5.65. The number of methoxy groups -OCH3 is 1. The highest BCUT2D eigenvalue weighted by Crippen LogP contribution is 2.46. The summed E-state index contributed by atoms with van der Waals surface area (Å²) in [6.45, 7) is 2.23. The van der Waals surface area contributed by atoms with E-state index in [-0.39, 0.29) is 0 Å². The molecule has 4 heterocycles. The molecule has 0 amide bonds. The summed E-state index contributed by atoms with van der Waals surface area (Å²) in [5, 5.41) is 11.2. The maximum atomic E-state index is 11.5. The highest BCUT2D eigenvalue weighted by Gasteiger charge is 2.34. The van der Waals surface area contributed by atoms with Gasteiger partial charge in [-0.25, -0.2) is 4.79 Å². The molecular formula is C16H18N2O3. The molecule has 2 bridgehead atoms. The standard InChI is InChI=1S/C16H18N2O3/c1-21-16(20)14(19)10-2-3-12-11(8-10)13-9-4-6-18(7-5-9)15(13)17-12/h2-3,8-9,14,17,19H,4-7H2,1H3. The molecule has 1 atom stereocenters. The summed E-state index contributed by atoms with van der Waals surface area (Å²) >= 11 is 0. The number of carbonyl (C=O) groups excluding carboxylic acids is 1. The smallest absolute Gasteiger partial charge is 0.339 e. The van der Waals surface area contributed by atoms with E-state index in [9.17, 15) is 9.90 Å². The Hall–Kier alpha value is -2.01. The molecule has 3 aliphatic heterocycles. The number of aromatic amines is 1. The molecule has 5 rings (SSSR count). The molecule has 1 aromatic heterocycles. The number of aromatic nitrogens is 1. The van der Waals surface area contributed by atoms with Crippen molar-refractivity contribution < 1.29 is 14.6 Å². The van der Waals surface area contributed by atoms with Crippen molar-refractivity contribution in [2.75, 3.05) is 25.1 Å². The normalized spacial score (nSPS) is 18.9. The van der Waals surface area contributed by atoms with E-state index in [4.69, 9.17) is 0 Å². The lowest BCUT2D eigenvalue weighted by Gasteiger charge is -2.40. The van der Waals surface area contributed by atoms with Crippen LogP contribution in [0.5, 0.6) is 0 Å². The van der Waals surface area contributed by atoms with Gasteiger partial charge in [-0.15, -0.1) is 0 Å². The molecule has 3 aliphatic rings. The molecule has 1 fully saturated rings. The minimum atomic E-state index is -1.22. The van der Waals surface area contributed by atoms with Crippen LogP contribution in [0, 0.1) is 0 Å². The number of piperidine rings is 1. The molecule has 110 valence electrons. The van der Waals surface area contributed by atoms with Crippen molar-refractivity contribution in [2.24, 2.45) is 0 Å². The number of hydrogen-bond donors (Lipinski definition) is 2.